The second-order valence-electron chi connectivity index (χ2n) is 17.7. The zero-order chi connectivity index (χ0) is 41.8. The molecule has 0 amide bonds. The largest absolute Gasteiger partial charge is 0.493 e. The van der Waals surface area contributed by atoms with E-state index in [4.69, 9.17) is 33.2 Å². The molecule has 0 aromatic rings. The van der Waals surface area contributed by atoms with Crippen LogP contribution in [0.15, 0.2) is 47.3 Å². The molecular formula is C42H62O14. The monoisotopic (exact) mass is 790 g/mol. The van der Waals surface area contributed by atoms with E-state index in [1.165, 1.54) is 33.3 Å². The number of hydrogen-bond donors (Lipinski definition) is 3. The van der Waals surface area contributed by atoms with Gasteiger partial charge in [0.25, 0.3) is 0 Å². The molecule has 314 valence electrons. The lowest BCUT2D eigenvalue weighted by molar-refractivity contribution is -0.349. The molecule has 0 aliphatic carbocycles. The summed E-state index contributed by atoms with van der Waals surface area (Å²) in [5.41, 5.74) is -1.49. The van der Waals surface area contributed by atoms with Gasteiger partial charge in [-0.1, -0.05) is 31.6 Å². The smallest absolute Gasteiger partial charge is 0.330 e. The Balaban J connectivity index is 1.81. The van der Waals surface area contributed by atoms with Crippen LogP contribution in [0.5, 0.6) is 0 Å². The van der Waals surface area contributed by atoms with Crippen LogP contribution < -0.4 is 0 Å². The van der Waals surface area contributed by atoms with Gasteiger partial charge in [0.1, 0.15) is 24.1 Å². The van der Waals surface area contributed by atoms with Gasteiger partial charge in [0.15, 0.2) is 5.79 Å². The number of ether oxygens (including phenoxy) is 7. The van der Waals surface area contributed by atoms with Crippen molar-refractivity contribution < 1.29 is 67.7 Å². The van der Waals surface area contributed by atoms with Gasteiger partial charge in [-0.2, -0.15) is 0 Å². The highest BCUT2D eigenvalue weighted by Crippen LogP contribution is 2.49. The van der Waals surface area contributed by atoms with E-state index in [9.17, 15) is 34.5 Å². The van der Waals surface area contributed by atoms with Gasteiger partial charge in [0.05, 0.1) is 62.0 Å². The second-order valence-corrected chi connectivity index (χ2v) is 17.7. The molecule has 9 atom stereocenters. The highest BCUT2D eigenvalue weighted by atomic mass is 16.6. The van der Waals surface area contributed by atoms with Crippen molar-refractivity contribution in [1.82, 2.24) is 0 Å². The first-order valence-electron chi connectivity index (χ1n) is 19.4. The molecule has 4 aliphatic rings. The fraction of sp³-hybridized carbons (Fsp3) is 0.714. The van der Waals surface area contributed by atoms with Crippen molar-refractivity contribution in [3.05, 3.63) is 47.3 Å². The van der Waals surface area contributed by atoms with Crippen LogP contribution >= 0.6 is 0 Å². The molecule has 3 N–H and O–H groups in total. The Bertz CT molecular complexity index is 1580. The van der Waals surface area contributed by atoms with Crippen LogP contribution in [0.4, 0.5) is 0 Å². The summed E-state index contributed by atoms with van der Waals surface area (Å²) in [4.78, 5) is 51.3. The number of aliphatic hydroxyl groups is 3. The van der Waals surface area contributed by atoms with E-state index in [2.05, 4.69) is 0 Å². The Morgan fingerprint density at radius 3 is 2.20 bits per heavy atom. The lowest BCUT2D eigenvalue weighted by Gasteiger charge is -2.54. The van der Waals surface area contributed by atoms with Gasteiger partial charge in [-0.15, -0.1) is 0 Å². The predicted octanol–water partition coefficient (Wildman–Crippen LogP) is 4.68. The van der Waals surface area contributed by atoms with Gasteiger partial charge < -0.3 is 48.5 Å². The summed E-state index contributed by atoms with van der Waals surface area (Å²) in [5.74, 6) is -3.82. The molecule has 0 saturated carbocycles. The maximum Gasteiger partial charge on any atom is 0.330 e. The van der Waals surface area contributed by atoms with Gasteiger partial charge >= 0.3 is 23.9 Å². The van der Waals surface area contributed by atoms with E-state index < -0.39 is 101 Å². The van der Waals surface area contributed by atoms with E-state index in [0.717, 1.165) is 5.57 Å². The van der Waals surface area contributed by atoms with Crippen LogP contribution in [-0.2, 0) is 52.3 Å². The summed E-state index contributed by atoms with van der Waals surface area (Å²) in [5, 5.41) is 34.5. The molecule has 2 fully saturated rings. The maximum absolute atomic E-state index is 13.3. The normalized spacial score (nSPS) is 35.1. The molecule has 0 spiro atoms. The number of esters is 4. The average molecular weight is 791 g/mol. The number of hydrogen-bond acceptors (Lipinski definition) is 14. The Kier molecular flexibility index (Phi) is 14.5. The highest BCUT2D eigenvalue weighted by molar-refractivity contribution is 5.83. The standard InChI is InChI=1S/C42H62O14/c1-24(43)32-21-29-14-26(18-36(46)51-10)16-33(53-29)40(5,6)12-11-28-13-25(17-35(45)50-9)15-31(52-28)23-42(49)41(7,8)34(55-38(48)39(2,3)4)22-30(56-42)19-27(44)20-37(47)54-32/h11-12,16-18,24,27-32,34,43-44,49H,13-15,19-23H2,1-10H3/b12-11+,25-17+,26-18-. The zero-order valence-electron chi connectivity index (χ0n) is 34.5. The fourth-order valence-electron chi connectivity index (χ4n) is 7.44. The molecule has 4 heterocycles. The van der Waals surface area contributed by atoms with Crippen molar-refractivity contribution in [2.45, 2.75) is 161 Å². The minimum absolute atomic E-state index is 0.0684. The van der Waals surface area contributed by atoms with Crippen LogP contribution in [0, 0.1) is 16.2 Å². The molecule has 4 aliphatic heterocycles. The quantitative estimate of drug-likeness (QED) is 0.154. The van der Waals surface area contributed by atoms with E-state index in [-0.39, 0.29) is 38.5 Å². The van der Waals surface area contributed by atoms with E-state index in [1.807, 2.05) is 26.0 Å². The van der Waals surface area contributed by atoms with Crippen LogP contribution in [0.1, 0.15) is 107 Å². The Labute approximate surface area is 330 Å². The van der Waals surface area contributed by atoms with Crippen LogP contribution in [0.2, 0.25) is 0 Å². The van der Waals surface area contributed by atoms with Crippen molar-refractivity contribution >= 4 is 23.9 Å². The molecule has 9 unspecified atom stereocenters. The van der Waals surface area contributed by atoms with Crippen LogP contribution in [-0.4, -0.2) is 108 Å². The number of rotatable bonds is 4. The summed E-state index contributed by atoms with van der Waals surface area (Å²) in [6.07, 6.45) is 1.70. The van der Waals surface area contributed by atoms with Crippen molar-refractivity contribution in [3.8, 4) is 0 Å². The third kappa shape index (κ3) is 11.5. The van der Waals surface area contributed by atoms with Crippen molar-refractivity contribution in [2.75, 3.05) is 14.2 Å². The lowest BCUT2D eigenvalue weighted by Crippen LogP contribution is -2.62. The topological polar surface area (TPSA) is 194 Å². The Morgan fingerprint density at radius 1 is 0.911 bits per heavy atom. The van der Waals surface area contributed by atoms with Gasteiger partial charge in [0.2, 0.25) is 0 Å². The van der Waals surface area contributed by atoms with Gasteiger partial charge in [-0.25, -0.2) is 9.59 Å². The van der Waals surface area contributed by atoms with Crippen LogP contribution in [0.3, 0.4) is 0 Å². The van der Waals surface area contributed by atoms with Gasteiger partial charge in [0, 0.05) is 49.7 Å². The van der Waals surface area contributed by atoms with E-state index in [0.29, 0.717) is 17.8 Å². The predicted molar refractivity (Wildman–Crippen MR) is 202 cm³/mol. The minimum atomic E-state index is -1.97. The van der Waals surface area contributed by atoms with Crippen LogP contribution in [0.25, 0.3) is 0 Å². The number of aliphatic hydroxyl groups excluding tert-OH is 2. The second kappa shape index (κ2) is 17.9. The molecule has 14 nitrogen and oxygen atoms in total. The summed E-state index contributed by atoms with van der Waals surface area (Å²) in [6.45, 7) is 14.0. The highest BCUT2D eigenvalue weighted by Gasteiger charge is 2.58. The van der Waals surface area contributed by atoms with Crippen molar-refractivity contribution in [2.24, 2.45) is 16.2 Å². The summed E-state index contributed by atoms with van der Waals surface area (Å²) in [7, 11) is 2.57. The fourth-order valence-corrected chi connectivity index (χ4v) is 7.44. The first-order chi connectivity index (χ1) is 25.9. The molecule has 56 heavy (non-hydrogen) atoms. The van der Waals surface area contributed by atoms with E-state index in [1.54, 1.807) is 40.7 Å². The minimum Gasteiger partial charge on any atom is -0.493 e. The first kappa shape index (κ1) is 45.1. The maximum atomic E-state index is 13.3. The third-order valence-corrected chi connectivity index (χ3v) is 11.1. The molecule has 4 rings (SSSR count). The third-order valence-electron chi connectivity index (χ3n) is 11.1. The summed E-state index contributed by atoms with van der Waals surface area (Å²) in [6, 6.07) is 0. The number of fused-ring (bicyclic) bond motifs is 6. The van der Waals surface area contributed by atoms with Gasteiger partial charge in [-0.3, -0.25) is 9.59 Å². The molecule has 14 heteroatoms. The Morgan fingerprint density at radius 2 is 1.57 bits per heavy atom. The molecule has 0 aromatic carbocycles. The number of methoxy groups -OCH3 is 2. The first-order valence-corrected chi connectivity index (χ1v) is 19.4. The molecule has 6 bridgehead atoms. The number of carbonyl (C=O) groups excluding carboxylic acids is 4. The molecule has 0 aromatic heterocycles. The molecular weight excluding hydrogens is 728 g/mol. The SMILES string of the molecule is COC(=O)/C=C1\C=C2OC(C1)CC(C(C)O)OC(=O)CC(O)CC1CC(OC(=O)C(C)(C)C)C(C)(C)C(O)(CC3C/C(=C/C(=O)OC)CC(/C=C/C2(C)C)O3)O1. The summed E-state index contributed by atoms with van der Waals surface area (Å²) >= 11 is 0. The lowest BCUT2D eigenvalue weighted by atomic mass is 9.70. The number of allylic oxidation sites excluding steroid dienone is 2. The number of carbonyl (C=O) groups is 4. The molecule has 2 saturated heterocycles. The average Bonchev–Trinajstić information content (AvgIpc) is 3.08. The van der Waals surface area contributed by atoms with Crippen molar-refractivity contribution in [3.63, 3.8) is 0 Å². The number of cyclic esters (lactones) is 1. The summed E-state index contributed by atoms with van der Waals surface area (Å²) < 4.78 is 41.1. The Hall–Kier alpha value is -3.56. The van der Waals surface area contributed by atoms with Gasteiger partial charge in [-0.05, 0) is 66.0 Å². The van der Waals surface area contributed by atoms with Crippen molar-refractivity contribution in [1.29, 1.82) is 0 Å². The molecule has 0 radical (unpaired) electrons. The zero-order valence-corrected chi connectivity index (χ0v) is 34.5. The van der Waals surface area contributed by atoms with E-state index >= 15 is 0 Å².